The molecule has 0 aliphatic rings. The van der Waals surface area contributed by atoms with Crippen molar-refractivity contribution in [1.29, 1.82) is 0 Å². The molecule has 2 nitrogen and oxygen atoms in total. The maximum atomic E-state index is 12.8. The predicted octanol–water partition coefficient (Wildman–Crippen LogP) is 4.03. The molecular weight excluding hydrogens is 295 g/mol. The monoisotopic (exact) mass is 306 g/mol. The van der Waals surface area contributed by atoms with Crippen molar-refractivity contribution >= 4 is 22.6 Å². The van der Waals surface area contributed by atoms with Crippen molar-refractivity contribution in [2.75, 3.05) is 0 Å². The number of fused-ring (bicyclic) bond motifs is 1. The molecule has 0 amide bonds. The van der Waals surface area contributed by atoms with E-state index >= 15 is 0 Å². The Balaban J connectivity index is 0.00000120. The first-order chi connectivity index (χ1) is 8.22. The van der Waals surface area contributed by atoms with Crippen LogP contribution in [-0.2, 0) is 0 Å². The van der Waals surface area contributed by atoms with E-state index in [-0.39, 0.29) is 22.8 Å². The van der Waals surface area contributed by atoms with Crippen LogP contribution in [-0.4, -0.2) is 9.38 Å². The van der Waals surface area contributed by atoms with Crippen molar-refractivity contribution < 1.29 is 4.39 Å². The Kier molecular flexibility index (Phi) is 3.48. The Bertz CT molecular complexity index is 674. The summed E-state index contributed by atoms with van der Waals surface area (Å²) in [7, 11) is 0. The van der Waals surface area contributed by atoms with Crippen molar-refractivity contribution in [3.05, 3.63) is 60.2 Å². The summed E-state index contributed by atoms with van der Waals surface area (Å²) in [4.78, 5) is 4.51. The van der Waals surface area contributed by atoms with Gasteiger partial charge >= 0.3 is 0 Å². The van der Waals surface area contributed by atoms with Gasteiger partial charge in [-0.1, -0.05) is 0 Å². The molecule has 0 atom stereocenters. The molecule has 0 aliphatic carbocycles. The molecule has 1 aromatic carbocycles. The van der Waals surface area contributed by atoms with Gasteiger partial charge in [0.05, 0.1) is 5.69 Å². The van der Waals surface area contributed by atoms with Crippen molar-refractivity contribution in [2.24, 2.45) is 0 Å². The SMILES string of the molecule is Br.Cc1ccn2cc(-c3ccc(F)cc3)nc2c1. The van der Waals surface area contributed by atoms with Gasteiger partial charge in [0.25, 0.3) is 0 Å². The second kappa shape index (κ2) is 4.90. The van der Waals surface area contributed by atoms with E-state index < -0.39 is 0 Å². The fourth-order valence-corrected chi connectivity index (χ4v) is 1.84. The fraction of sp³-hybridized carbons (Fsp3) is 0.0714. The lowest BCUT2D eigenvalue weighted by Gasteiger charge is -1.94. The number of pyridine rings is 1. The third kappa shape index (κ3) is 2.29. The molecule has 92 valence electrons. The van der Waals surface area contributed by atoms with E-state index in [4.69, 9.17) is 0 Å². The average Bonchev–Trinajstić information content (AvgIpc) is 2.72. The van der Waals surface area contributed by atoms with Gasteiger partial charge in [0.1, 0.15) is 11.5 Å². The molecule has 4 heteroatoms. The third-order valence-corrected chi connectivity index (χ3v) is 2.76. The highest BCUT2D eigenvalue weighted by Crippen LogP contribution is 2.19. The van der Waals surface area contributed by atoms with Gasteiger partial charge < -0.3 is 4.40 Å². The number of rotatable bonds is 1. The Morgan fingerprint density at radius 1 is 1.11 bits per heavy atom. The zero-order chi connectivity index (χ0) is 11.8. The molecule has 2 aromatic heterocycles. The Hall–Kier alpha value is -1.68. The first-order valence-corrected chi connectivity index (χ1v) is 5.44. The second-order valence-electron chi connectivity index (χ2n) is 4.10. The van der Waals surface area contributed by atoms with Gasteiger partial charge in [-0.3, -0.25) is 0 Å². The number of hydrogen-bond acceptors (Lipinski definition) is 1. The van der Waals surface area contributed by atoms with Crippen LogP contribution in [0, 0.1) is 12.7 Å². The van der Waals surface area contributed by atoms with Crippen LogP contribution in [0.15, 0.2) is 48.8 Å². The Morgan fingerprint density at radius 2 is 1.83 bits per heavy atom. The average molecular weight is 307 g/mol. The summed E-state index contributed by atoms with van der Waals surface area (Å²) in [6.07, 6.45) is 3.92. The number of nitrogens with zero attached hydrogens (tertiary/aromatic N) is 2. The zero-order valence-corrected chi connectivity index (χ0v) is 11.5. The van der Waals surface area contributed by atoms with Crippen molar-refractivity contribution in [1.82, 2.24) is 9.38 Å². The van der Waals surface area contributed by atoms with Crippen LogP contribution in [0.3, 0.4) is 0 Å². The first kappa shape index (κ1) is 12.8. The molecule has 18 heavy (non-hydrogen) atoms. The third-order valence-electron chi connectivity index (χ3n) is 2.76. The lowest BCUT2D eigenvalue weighted by Crippen LogP contribution is -1.81. The van der Waals surface area contributed by atoms with Crippen LogP contribution in [0.2, 0.25) is 0 Å². The highest BCUT2D eigenvalue weighted by Gasteiger charge is 2.04. The van der Waals surface area contributed by atoms with E-state index in [1.165, 1.54) is 17.7 Å². The highest BCUT2D eigenvalue weighted by molar-refractivity contribution is 8.93. The van der Waals surface area contributed by atoms with Crippen LogP contribution < -0.4 is 0 Å². The van der Waals surface area contributed by atoms with Gasteiger partial charge in [-0.2, -0.15) is 0 Å². The van der Waals surface area contributed by atoms with Crippen molar-refractivity contribution in [3.8, 4) is 11.3 Å². The van der Waals surface area contributed by atoms with Gasteiger partial charge in [0, 0.05) is 18.0 Å². The van der Waals surface area contributed by atoms with Crippen LogP contribution in [0.4, 0.5) is 4.39 Å². The van der Waals surface area contributed by atoms with Gasteiger partial charge in [0.2, 0.25) is 0 Å². The van der Waals surface area contributed by atoms with Gasteiger partial charge in [0.15, 0.2) is 0 Å². The Morgan fingerprint density at radius 3 is 2.56 bits per heavy atom. The summed E-state index contributed by atoms with van der Waals surface area (Å²) in [5.74, 6) is -0.228. The maximum Gasteiger partial charge on any atom is 0.137 e. The standard InChI is InChI=1S/C14H11FN2.BrH/c1-10-6-7-17-9-13(16-14(17)8-10)11-2-4-12(15)5-3-11;/h2-9H,1H3;1H. The molecule has 0 saturated heterocycles. The summed E-state index contributed by atoms with van der Waals surface area (Å²) >= 11 is 0. The lowest BCUT2D eigenvalue weighted by atomic mass is 10.2. The summed E-state index contributed by atoms with van der Waals surface area (Å²) < 4.78 is 14.8. The molecule has 3 rings (SSSR count). The summed E-state index contributed by atoms with van der Waals surface area (Å²) in [5, 5.41) is 0. The first-order valence-electron chi connectivity index (χ1n) is 5.44. The maximum absolute atomic E-state index is 12.8. The molecule has 0 bridgehead atoms. The van der Waals surface area contributed by atoms with Crippen molar-refractivity contribution in [3.63, 3.8) is 0 Å². The van der Waals surface area contributed by atoms with E-state index in [2.05, 4.69) is 4.98 Å². The highest BCUT2D eigenvalue weighted by atomic mass is 79.9. The van der Waals surface area contributed by atoms with E-state index in [0.29, 0.717) is 0 Å². The molecule has 0 saturated carbocycles. The number of aryl methyl sites for hydroxylation is 1. The molecule has 0 fully saturated rings. The largest absolute Gasteiger partial charge is 0.306 e. The van der Waals surface area contributed by atoms with Gasteiger partial charge in [-0.25, -0.2) is 9.37 Å². The van der Waals surface area contributed by atoms with E-state index in [1.807, 2.05) is 35.9 Å². The van der Waals surface area contributed by atoms with Crippen LogP contribution in [0.1, 0.15) is 5.56 Å². The molecule has 0 spiro atoms. The van der Waals surface area contributed by atoms with E-state index in [1.54, 1.807) is 12.1 Å². The molecule has 0 aliphatic heterocycles. The molecule has 0 N–H and O–H groups in total. The Labute approximate surface area is 115 Å². The smallest absolute Gasteiger partial charge is 0.137 e. The lowest BCUT2D eigenvalue weighted by molar-refractivity contribution is 0.628. The van der Waals surface area contributed by atoms with Gasteiger partial charge in [-0.05, 0) is 48.9 Å². The van der Waals surface area contributed by atoms with E-state index in [0.717, 1.165) is 16.9 Å². The van der Waals surface area contributed by atoms with Gasteiger partial charge in [-0.15, -0.1) is 17.0 Å². The zero-order valence-electron chi connectivity index (χ0n) is 9.80. The summed E-state index contributed by atoms with van der Waals surface area (Å²) in [6.45, 7) is 2.03. The van der Waals surface area contributed by atoms with Crippen LogP contribution in [0.5, 0.6) is 0 Å². The molecule has 3 aromatic rings. The molecule has 0 unspecified atom stereocenters. The number of aromatic nitrogens is 2. The predicted molar refractivity (Wildman–Crippen MR) is 75.6 cm³/mol. The number of halogens is 2. The topological polar surface area (TPSA) is 17.3 Å². The number of imidazole rings is 1. The minimum Gasteiger partial charge on any atom is -0.306 e. The van der Waals surface area contributed by atoms with Crippen LogP contribution >= 0.6 is 17.0 Å². The number of hydrogen-bond donors (Lipinski definition) is 0. The quantitative estimate of drug-likeness (QED) is 0.663. The number of benzene rings is 1. The second-order valence-corrected chi connectivity index (χ2v) is 4.10. The summed E-state index contributed by atoms with van der Waals surface area (Å²) in [6, 6.07) is 10.4. The van der Waals surface area contributed by atoms with Crippen molar-refractivity contribution in [2.45, 2.75) is 6.92 Å². The van der Waals surface area contributed by atoms with E-state index in [9.17, 15) is 4.39 Å². The minimum absolute atomic E-state index is 0. The fourth-order valence-electron chi connectivity index (χ4n) is 1.84. The van der Waals surface area contributed by atoms with Crippen LogP contribution in [0.25, 0.3) is 16.9 Å². The molecule has 2 heterocycles. The molecule has 0 radical (unpaired) electrons. The normalized spacial score (nSPS) is 10.3. The molecular formula is C14H12BrFN2. The summed E-state index contributed by atoms with van der Waals surface area (Å²) in [5.41, 5.74) is 3.86. The minimum atomic E-state index is -0.228.